The predicted octanol–water partition coefficient (Wildman–Crippen LogP) is 3.60. The third-order valence-corrected chi connectivity index (χ3v) is 3.05. The fourth-order valence-electron chi connectivity index (χ4n) is 1.000. The van der Waals surface area contributed by atoms with E-state index in [9.17, 15) is 13.9 Å². The van der Waals surface area contributed by atoms with Crippen molar-refractivity contribution in [2.24, 2.45) is 5.73 Å². The van der Waals surface area contributed by atoms with Gasteiger partial charge in [-0.1, -0.05) is 15.9 Å². The third-order valence-electron chi connectivity index (χ3n) is 1.72. The van der Waals surface area contributed by atoms with E-state index in [4.69, 9.17) is 5.73 Å². The molecule has 0 spiro atoms. The Labute approximate surface area is 109 Å². The Balaban J connectivity index is 0.00000196. The Hall–Kier alpha value is 0.0900. The standard InChI is InChI=1S/C8H7Br2F2NO.ClH/c9-3-1-2-4(10)7(14)5(3)6(13)8(11)12;/h1-2,6,8,14H,13H2;1H/t6-;/m0./s1. The summed E-state index contributed by atoms with van der Waals surface area (Å²) >= 11 is 6.08. The molecule has 0 aromatic heterocycles. The van der Waals surface area contributed by atoms with Gasteiger partial charge in [0.25, 0.3) is 6.43 Å². The summed E-state index contributed by atoms with van der Waals surface area (Å²) in [5.74, 6) is -0.257. The fraction of sp³-hybridized carbons (Fsp3) is 0.250. The first-order valence-electron chi connectivity index (χ1n) is 3.65. The number of phenols is 1. The molecule has 1 aromatic carbocycles. The molecule has 0 heterocycles. The van der Waals surface area contributed by atoms with Crippen LogP contribution in [0.1, 0.15) is 11.6 Å². The molecule has 1 atom stereocenters. The zero-order chi connectivity index (χ0) is 10.9. The number of benzene rings is 1. The summed E-state index contributed by atoms with van der Waals surface area (Å²) in [5.41, 5.74) is 5.26. The third kappa shape index (κ3) is 3.27. The Kier molecular flexibility index (Phi) is 6.02. The van der Waals surface area contributed by atoms with Gasteiger partial charge in [0, 0.05) is 10.0 Å². The van der Waals surface area contributed by atoms with Gasteiger partial charge in [-0.05, 0) is 28.1 Å². The van der Waals surface area contributed by atoms with Crippen molar-refractivity contribution in [3.63, 3.8) is 0 Å². The zero-order valence-electron chi connectivity index (χ0n) is 7.25. The first-order valence-corrected chi connectivity index (χ1v) is 5.24. The molecule has 3 N–H and O–H groups in total. The number of hydrogen-bond acceptors (Lipinski definition) is 2. The van der Waals surface area contributed by atoms with Crippen LogP contribution >= 0.6 is 44.3 Å². The van der Waals surface area contributed by atoms with Crippen LogP contribution in [0.15, 0.2) is 21.1 Å². The van der Waals surface area contributed by atoms with Crippen LogP contribution in [0.25, 0.3) is 0 Å². The van der Waals surface area contributed by atoms with E-state index in [-0.39, 0.29) is 23.7 Å². The lowest BCUT2D eigenvalue weighted by atomic mass is 10.1. The number of rotatable bonds is 2. The molecule has 15 heavy (non-hydrogen) atoms. The van der Waals surface area contributed by atoms with Gasteiger partial charge >= 0.3 is 0 Å². The normalized spacial score (nSPS) is 12.4. The molecule has 0 saturated carbocycles. The minimum atomic E-state index is -2.72. The molecule has 0 radical (unpaired) electrons. The number of nitrogens with two attached hydrogens (primary N) is 1. The van der Waals surface area contributed by atoms with Crippen molar-refractivity contribution in [1.29, 1.82) is 0 Å². The molecule has 0 aliphatic carbocycles. The number of hydrogen-bond donors (Lipinski definition) is 2. The van der Waals surface area contributed by atoms with Crippen LogP contribution < -0.4 is 5.73 Å². The second-order valence-electron chi connectivity index (χ2n) is 2.65. The van der Waals surface area contributed by atoms with Gasteiger partial charge in [0.1, 0.15) is 5.75 Å². The Morgan fingerprint density at radius 3 is 2.13 bits per heavy atom. The summed E-state index contributed by atoms with van der Waals surface area (Å²) in [6, 6.07) is 1.59. The fourth-order valence-corrected chi connectivity index (χ4v) is 1.93. The number of halogens is 5. The summed E-state index contributed by atoms with van der Waals surface area (Å²) in [6.45, 7) is 0. The summed E-state index contributed by atoms with van der Waals surface area (Å²) in [5, 5.41) is 9.51. The highest BCUT2D eigenvalue weighted by Crippen LogP contribution is 2.38. The van der Waals surface area contributed by atoms with Crippen molar-refractivity contribution >= 4 is 44.3 Å². The van der Waals surface area contributed by atoms with Gasteiger partial charge in [-0.25, -0.2) is 8.78 Å². The van der Waals surface area contributed by atoms with Gasteiger partial charge in [-0.2, -0.15) is 0 Å². The van der Waals surface area contributed by atoms with E-state index < -0.39 is 12.5 Å². The second-order valence-corrected chi connectivity index (χ2v) is 4.36. The molecule has 1 aromatic rings. The molecule has 7 heteroatoms. The second kappa shape index (κ2) is 5.98. The van der Waals surface area contributed by atoms with Gasteiger partial charge in [-0.15, -0.1) is 12.4 Å². The van der Waals surface area contributed by atoms with Crippen molar-refractivity contribution in [2.75, 3.05) is 0 Å². The van der Waals surface area contributed by atoms with E-state index >= 15 is 0 Å². The average molecular weight is 367 g/mol. The molecule has 0 aliphatic heterocycles. The van der Waals surface area contributed by atoms with E-state index in [2.05, 4.69) is 31.9 Å². The highest BCUT2D eigenvalue weighted by Gasteiger charge is 2.24. The van der Waals surface area contributed by atoms with Crippen LogP contribution in [0.4, 0.5) is 8.78 Å². The zero-order valence-corrected chi connectivity index (χ0v) is 11.2. The molecule has 0 amide bonds. The van der Waals surface area contributed by atoms with Crippen molar-refractivity contribution in [1.82, 2.24) is 0 Å². The SMILES string of the molecule is Cl.N[C@@H](c1c(Br)ccc(Br)c1O)C(F)F. The predicted molar refractivity (Wildman–Crippen MR) is 63.7 cm³/mol. The first-order chi connectivity index (χ1) is 6.45. The topological polar surface area (TPSA) is 46.2 Å². The van der Waals surface area contributed by atoms with Crippen molar-refractivity contribution in [2.45, 2.75) is 12.5 Å². The van der Waals surface area contributed by atoms with E-state index in [1.54, 1.807) is 12.1 Å². The lowest BCUT2D eigenvalue weighted by molar-refractivity contribution is 0.115. The monoisotopic (exact) mass is 365 g/mol. The van der Waals surface area contributed by atoms with Crippen LogP contribution in [0.2, 0.25) is 0 Å². The molecule has 0 aliphatic rings. The van der Waals surface area contributed by atoms with E-state index in [0.29, 0.717) is 8.95 Å². The molecule has 0 fully saturated rings. The maximum atomic E-state index is 12.3. The number of aromatic hydroxyl groups is 1. The molecule has 0 saturated heterocycles. The molecule has 1 rings (SSSR count). The van der Waals surface area contributed by atoms with Crippen LogP contribution in [0.3, 0.4) is 0 Å². The van der Waals surface area contributed by atoms with E-state index in [1.807, 2.05) is 0 Å². The molecular formula is C8H8Br2ClF2NO. The Morgan fingerprint density at radius 2 is 1.67 bits per heavy atom. The quantitative estimate of drug-likeness (QED) is 0.839. The largest absolute Gasteiger partial charge is 0.506 e. The molecule has 2 nitrogen and oxygen atoms in total. The molecule has 0 bridgehead atoms. The molecule has 86 valence electrons. The van der Waals surface area contributed by atoms with Crippen molar-refractivity contribution in [3.05, 3.63) is 26.6 Å². The molecule has 0 unspecified atom stereocenters. The van der Waals surface area contributed by atoms with Gasteiger partial charge in [0.15, 0.2) is 0 Å². The Morgan fingerprint density at radius 1 is 1.20 bits per heavy atom. The van der Waals surface area contributed by atoms with Crippen molar-refractivity contribution in [3.8, 4) is 5.75 Å². The lowest BCUT2D eigenvalue weighted by Crippen LogP contribution is -2.19. The number of alkyl halides is 2. The van der Waals surface area contributed by atoms with Crippen LogP contribution in [0, 0.1) is 0 Å². The molecular weight excluding hydrogens is 359 g/mol. The maximum absolute atomic E-state index is 12.3. The van der Waals surface area contributed by atoms with Gasteiger partial charge < -0.3 is 10.8 Å². The van der Waals surface area contributed by atoms with Crippen LogP contribution in [0.5, 0.6) is 5.75 Å². The van der Waals surface area contributed by atoms with Gasteiger partial charge in [0.2, 0.25) is 0 Å². The summed E-state index contributed by atoms with van der Waals surface area (Å²) in [6.07, 6.45) is -2.72. The van der Waals surface area contributed by atoms with Crippen LogP contribution in [-0.4, -0.2) is 11.5 Å². The smallest absolute Gasteiger partial charge is 0.257 e. The first kappa shape index (κ1) is 15.1. The van der Waals surface area contributed by atoms with E-state index in [0.717, 1.165) is 0 Å². The minimum Gasteiger partial charge on any atom is -0.506 e. The highest BCUT2D eigenvalue weighted by atomic mass is 79.9. The average Bonchev–Trinajstić information content (AvgIpc) is 2.12. The Bertz CT molecular complexity index is 352. The van der Waals surface area contributed by atoms with Gasteiger partial charge in [-0.3, -0.25) is 0 Å². The highest BCUT2D eigenvalue weighted by molar-refractivity contribution is 9.11. The summed E-state index contributed by atoms with van der Waals surface area (Å²) < 4.78 is 25.4. The lowest BCUT2D eigenvalue weighted by Gasteiger charge is -2.15. The van der Waals surface area contributed by atoms with E-state index in [1.165, 1.54) is 0 Å². The minimum absolute atomic E-state index is 0. The summed E-state index contributed by atoms with van der Waals surface area (Å²) in [4.78, 5) is 0. The summed E-state index contributed by atoms with van der Waals surface area (Å²) in [7, 11) is 0. The van der Waals surface area contributed by atoms with Crippen LogP contribution in [-0.2, 0) is 0 Å². The maximum Gasteiger partial charge on any atom is 0.257 e. The van der Waals surface area contributed by atoms with Crippen molar-refractivity contribution < 1.29 is 13.9 Å². The number of phenolic OH excluding ortho intramolecular Hbond substituents is 1. The van der Waals surface area contributed by atoms with Gasteiger partial charge in [0.05, 0.1) is 10.5 Å².